The fraction of sp³-hybridized carbons (Fsp3) is 0.727. The quantitative estimate of drug-likeness (QED) is 0.516. The van der Waals surface area contributed by atoms with Gasteiger partial charge in [-0.25, -0.2) is 0 Å². The summed E-state index contributed by atoms with van der Waals surface area (Å²) < 4.78 is 0. The van der Waals surface area contributed by atoms with Crippen molar-refractivity contribution in [3.8, 4) is 0 Å². The summed E-state index contributed by atoms with van der Waals surface area (Å²) in [5.41, 5.74) is -1.04. The van der Waals surface area contributed by atoms with Crippen LogP contribution >= 0.6 is 11.8 Å². The minimum absolute atomic E-state index is 0.0434. The van der Waals surface area contributed by atoms with Crippen molar-refractivity contribution in [1.82, 2.24) is 16.0 Å². The Morgan fingerprint density at radius 3 is 2.43 bits per heavy atom. The highest BCUT2D eigenvalue weighted by Gasteiger charge is 2.30. The lowest BCUT2D eigenvalue weighted by molar-refractivity contribution is -0.313. The number of rotatable bonds is 8. The molecule has 122 valence electrons. The predicted octanol–water partition coefficient (Wildman–Crippen LogP) is -0.356. The molecule has 0 heterocycles. The van der Waals surface area contributed by atoms with Crippen molar-refractivity contribution in [3.05, 3.63) is 5.21 Å². The first kappa shape index (κ1) is 19.8. The molecule has 9 nitrogen and oxygen atoms in total. The number of carbonyl (C=O) groups excluding carboxylic acids is 3. The summed E-state index contributed by atoms with van der Waals surface area (Å²) in [6, 6.07) is -0.841. The van der Waals surface area contributed by atoms with E-state index < -0.39 is 22.8 Å². The predicted molar refractivity (Wildman–Crippen MR) is 75.9 cm³/mol. The van der Waals surface area contributed by atoms with E-state index in [0.29, 0.717) is 0 Å². The maximum atomic E-state index is 12.0. The van der Waals surface area contributed by atoms with Crippen LogP contribution in [0, 0.1) is 10.6 Å². The first-order chi connectivity index (χ1) is 9.60. The van der Waals surface area contributed by atoms with Gasteiger partial charge in [0.05, 0.1) is 12.0 Å². The number of nitrogens with zero attached hydrogens (tertiary/aromatic N) is 1. The normalized spacial score (nSPS) is 12.9. The van der Waals surface area contributed by atoms with Gasteiger partial charge in [0.1, 0.15) is 6.04 Å². The minimum Gasteiger partial charge on any atom is -0.738 e. The molecule has 0 saturated heterocycles. The molecule has 0 radical (unpaired) electrons. The standard InChI is InChI=1S/C11H20N3O6S/c1-7(15)13-8(9(16)12-4)5-21-10(17)11(2,3)6-20-14(18)19/h8,18H,5-6H2,1-4H3,(H,12,16)(H,13,15)/q-1/t8-/m0/s1. The van der Waals surface area contributed by atoms with Crippen molar-refractivity contribution in [2.45, 2.75) is 26.8 Å². The molecule has 2 amide bonds. The summed E-state index contributed by atoms with van der Waals surface area (Å²) in [5, 5.41) is 22.4. The summed E-state index contributed by atoms with van der Waals surface area (Å²) in [6.07, 6.45) is 0. The lowest BCUT2D eigenvalue weighted by Crippen LogP contribution is -2.47. The molecule has 0 unspecified atom stereocenters. The molecule has 21 heavy (non-hydrogen) atoms. The Morgan fingerprint density at radius 2 is 2.00 bits per heavy atom. The molecule has 0 aromatic rings. The SMILES string of the molecule is CNC(=O)[C@H](CSC(=O)C(C)(C)CON([O-])O)NC(C)=O. The van der Waals surface area contributed by atoms with E-state index in [4.69, 9.17) is 5.21 Å². The molecule has 0 saturated carbocycles. The van der Waals surface area contributed by atoms with Crippen LogP contribution in [0.25, 0.3) is 0 Å². The molecule has 0 aliphatic rings. The molecule has 0 aliphatic carbocycles. The zero-order chi connectivity index (χ0) is 16.6. The third-order valence-corrected chi connectivity index (χ3v) is 3.72. The maximum Gasteiger partial charge on any atom is 0.243 e. The number of carbonyl (C=O) groups is 3. The van der Waals surface area contributed by atoms with Crippen LogP contribution < -0.4 is 10.6 Å². The van der Waals surface area contributed by atoms with Gasteiger partial charge < -0.3 is 21.0 Å². The lowest BCUT2D eigenvalue weighted by atomic mass is 9.97. The zero-order valence-electron chi connectivity index (χ0n) is 12.3. The molecule has 0 bridgehead atoms. The van der Waals surface area contributed by atoms with Gasteiger partial charge in [-0.3, -0.25) is 19.2 Å². The maximum absolute atomic E-state index is 12.0. The highest BCUT2D eigenvalue weighted by Crippen LogP contribution is 2.25. The second kappa shape index (κ2) is 8.95. The Labute approximate surface area is 126 Å². The monoisotopic (exact) mass is 322 g/mol. The van der Waals surface area contributed by atoms with Crippen molar-refractivity contribution >= 4 is 28.7 Å². The Hall–Kier alpha value is -1.20. The van der Waals surface area contributed by atoms with E-state index in [1.165, 1.54) is 27.8 Å². The molecule has 0 aromatic carbocycles. The molecule has 3 N–H and O–H groups in total. The van der Waals surface area contributed by atoms with Gasteiger partial charge in [-0.15, -0.1) is 5.39 Å². The van der Waals surface area contributed by atoms with Gasteiger partial charge >= 0.3 is 0 Å². The Balaban J connectivity index is 4.53. The van der Waals surface area contributed by atoms with Crippen LogP contribution in [0.5, 0.6) is 0 Å². The number of hydrogen-bond donors (Lipinski definition) is 3. The summed E-state index contributed by atoms with van der Waals surface area (Å²) in [4.78, 5) is 38.9. The molecule has 1 atom stereocenters. The van der Waals surface area contributed by atoms with E-state index in [1.54, 1.807) is 0 Å². The van der Waals surface area contributed by atoms with E-state index >= 15 is 0 Å². The Morgan fingerprint density at radius 1 is 1.43 bits per heavy atom. The van der Waals surface area contributed by atoms with E-state index in [2.05, 4.69) is 15.5 Å². The van der Waals surface area contributed by atoms with Gasteiger partial charge in [0.25, 0.3) is 0 Å². The smallest absolute Gasteiger partial charge is 0.243 e. The van der Waals surface area contributed by atoms with Crippen molar-refractivity contribution in [3.63, 3.8) is 0 Å². The Kier molecular flexibility index (Phi) is 8.44. The van der Waals surface area contributed by atoms with Crippen molar-refractivity contribution in [2.24, 2.45) is 5.41 Å². The molecule has 0 rings (SSSR count). The number of hydrogen-bond acceptors (Lipinski definition) is 8. The number of nitrogens with one attached hydrogen (secondary N) is 2. The first-order valence-corrected chi connectivity index (χ1v) is 7.03. The lowest BCUT2D eigenvalue weighted by Gasteiger charge is -2.27. The van der Waals surface area contributed by atoms with Crippen LogP contribution in [-0.4, -0.2) is 53.0 Å². The van der Waals surface area contributed by atoms with Gasteiger partial charge in [0, 0.05) is 19.7 Å². The summed E-state index contributed by atoms with van der Waals surface area (Å²) in [5.74, 6) is -0.760. The summed E-state index contributed by atoms with van der Waals surface area (Å²) >= 11 is 0.832. The molecule has 10 heteroatoms. The molecule has 0 fully saturated rings. The van der Waals surface area contributed by atoms with Crippen LogP contribution in [0.1, 0.15) is 20.8 Å². The zero-order valence-corrected chi connectivity index (χ0v) is 13.2. The second-order valence-electron chi connectivity index (χ2n) is 4.86. The summed E-state index contributed by atoms with van der Waals surface area (Å²) in [6.45, 7) is 4.01. The highest BCUT2D eigenvalue weighted by molar-refractivity contribution is 8.13. The van der Waals surface area contributed by atoms with Crippen LogP contribution in [0.15, 0.2) is 0 Å². The highest BCUT2D eigenvalue weighted by atomic mass is 32.2. The van der Waals surface area contributed by atoms with E-state index in [1.807, 2.05) is 0 Å². The fourth-order valence-corrected chi connectivity index (χ4v) is 2.23. The van der Waals surface area contributed by atoms with Gasteiger partial charge in [0.2, 0.25) is 11.8 Å². The Bertz CT molecular complexity index is 388. The molecule has 0 aliphatic heterocycles. The van der Waals surface area contributed by atoms with Crippen LogP contribution in [0.2, 0.25) is 0 Å². The third-order valence-electron chi connectivity index (χ3n) is 2.41. The molecule has 0 aromatic heterocycles. The van der Waals surface area contributed by atoms with Crippen LogP contribution in [0.3, 0.4) is 0 Å². The van der Waals surface area contributed by atoms with Crippen LogP contribution in [0.4, 0.5) is 0 Å². The third kappa shape index (κ3) is 7.97. The van der Waals surface area contributed by atoms with Gasteiger partial charge in [-0.2, -0.15) is 0 Å². The van der Waals surface area contributed by atoms with Gasteiger partial charge in [-0.1, -0.05) is 11.8 Å². The van der Waals surface area contributed by atoms with E-state index in [9.17, 15) is 19.6 Å². The largest absolute Gasteiger partial charge is 0.738 e. The topological polar surface area (TPSA) is 131 Å². The number of likely N-dealkylation sites (N-methyl/N-ethyl adjacent to an activating group) is 1. The van der Waals surface area contributed by atoms with E-state index in [0.717, 1.165) is 11.8 Å². The number of thioether (sulfide) groups is 1. The minimum atomic E-state index is -1.04. The average molecular weight is 322 g/mol. The molecule has 0 spiro atoms. The van der Waals surface area contributed by atoms with Gasteiger partial charge in [0.15, 0.2) is 5.12 Å². The number of amides is 2. The van der Waals surface area contributed by atoms with E-state index in [-0.39, 0.29) is 23.4 Å². The second-order valence-corrected chi connectivity index (χ2v) is 5.85. The molecular formula is C11H20N3O6S-. The fourth-order valence-electron chi connectivity index (χ4n) is 1.23. The van der Waals surface area contributed by atoms with Crippen LogP contribution in [-0.2, 0) is 19.2 Å². The van der Waals surface area contributed by atoms with Crippen molar-refractivity contribution in [1.29, 1.82) is 0 Å². The molecular weight excluding hydrogens is 302 g/mol. The van der Waals surface area contributed by atoms with Gasteiger partial charge in [-0.05, 0) is 13.8 Å². The summed E-state index contributed by atoms with van der Waals surface area (Å²) in [7, 11) is 1.42. The van der Waals surface area contributed by atoms with Crippen molar-refractivity contribution in [2.75, 3.05) is 19.4 Å². The van der Waals surface area contributed by atoms with Crippen molar-refractivity contribution < 1.29 is 24.4 Å². The average Bonchev–Trinajstić information content (AvgIpc) is 2.39. The first-order valence-electron chi connectivity index (χ1n) is 6.05.